The molecule has 0 N–H and O–H groups in total. The SMILES string of the molecule is CCc1cccc(C)c1N(c1ccc(/C=C/C=C/c2ccccc2)cc1)c1ccc(/C=C/c2ccccc2)cc1. The first-order valence-corrected chi connectivity index (χ1v) is 13.9. The number of hydrogen-bond acceptors (Lipinski definition) is 1. The molecule has 0 unspecified atom stereocenters. The summed E-state index contributed by atoms with van der Waals surface area (Å²) in [5.41, 5.74) is 10.9. The first-order chi connectivity index (χ1) is 19.7. The lowest BCUT2D eigenvalue weighted by molar-refractivity contribution is 1.10. The number of para-hydroxylation sites is 1. The van der Waals surface area contributed by atoms with Gasteiger partial charge in [-0.15, -0.1) is 0 Å². The van der Waals surface area contributed by atoms with Crippen LogP contribution in [0, 0.1) is 6.92 Å². The molecule has 0 amide bonds. The van der Waals surface area contributed by atoms with Gasteiger partial charge in [-0.3, -0.25) is 0 Å². The third-order valence-electron chi connectivity index (χ3n) is 6.98. The predicted molar refractivity (Wildman–Crippen MR) is 175 cm³/mol. The normalized spacial score (nSPS) is 11.6. The van der Waals surface area contributed by atoms with Crippen LogP contribution in [-0.4, -0.2) is 0 Å². The fourth-order valence-corrected chi connectivity index (χ4v) is 4.86. The Kier molecular flexibility index (Phi) is 8.86. The van der Waals surface area contributed by atoms with Gasteiger partial charge < -0.3 is 4.90 Å². The number of hydrogen-bond donors (Lipinski definition) is 0. The summed E-state index contributed by atoms with van der Waals surface area (Å²) < 4.78 is 0. The lowest BCUT2D eigenvalue weighted by Gasteiger charge is -2.29. The van der Waals surface area contributed by atoms with E-state index in [2.05, 4.69) is 170 Å². The molecule has 196 valence electrons. The summed E-state index contributed by atoms with van der Waals surface area (Å²) in [6.07, 6.45) is 13.7. The van der Waals surface area contributed by atoms with Gasteiger partial charge in [0, 0.05) is 11.4 Å². The summed E-state index contributed by atoms with van der Waals surface area (Å²) in [5.74, 6) is 0. The summed E-state index contributed by atoms with van der Waals surface area (Å²) in [6.45, 7) is 4.43. The first-order valence-electron chi connectivity index (χ1n) is 13.9. The van der Waals surface area contributed by atoms with Gasteiger partial charge >= 0.3 is 0 Å². The van der Waals surface area contributed by atoms with Crippen molar-refractivity contribution < 1.29 is 0 Å². The van der Waals surface area contributed by atoms with Crippen molar-refractivity contribution in [3.8, 4) is 0 Å². The zero-order valence-corrected chi connectivity index (χ0v) is 23.2. The number of rotatable bonds is 9. The van der Waals surface area contributed by atoms with Gasteiger partial charge in [0.1, 0.15) is 0 Å². The summed E-state index contributed by atoms with van der Waals surface area (Å²) in [7, 11) is 0. The van der Waals surface area contributed by atoms with Gasteiger partial charge in [-0.2, -0.15) is 0 Å². The Balaban J connectivity index is 1.43. The highest BCUT2D eigenvalue weighted by Gasteiger charge is 2.17. The van der Waals surface area contributed by atoms with Crippen LogP contribution in [0.25, 0.3) is 24.3 Å². The van der Waals surface area contributed by atoms with E-state index in [-0.39, 0.29) is 0 Å². The first kappa shape index (κ1) is 26.7. The quantitative estimate of drug-likeness (QED) is 0.139. The van der Waals surface area contributed by atoms with E-state index in [1.165, 1.54) is 39.1 Å². The molecule has 40 heavy (non-hydrogen) atoms. The second-order valence-electron chi connectivity index (χ2n) is 9.83. The topological polar surface area (TPSA) is 3.24 Å². The predicted octanol–water partition coefficient (Wildman–Crippen LogP) is 10.9. The molecular weight excluding hydrogens is 482 g/mol. The van der Waals surface area contributed by atoms with Crippen molar-refractivity contribution in [3.05, 3.63) is 173 Å². The Morgan fingerprint density at radius 2 is 0.925 bits per heavy atom. The Morgan fingerprint density at radius 3 is 1.43 bits per heavy atom. The van der Waals surface area contributed by atoms with Crippen molar-refractivity contribution in [1.82, 2.24) is 0 Å². The fraction of sp³-hybridized carbons (Fsp3) is 0.0769. The van der Waals surface area contributed by atoms with Crippen molar-refractivity contribution in [2.24, 2.45) is 0 Å². The van der Waals surface area contributed by atoms with Crippen LogP contribution in [0.2, 0.25) is 0 Å². The van der Waals surface area contributed by atoms with Crippen LogP contribution in [0.1, 0.15) is 40.3 Å². The molecule has 5 aromatic carbocycles. The second-order valence-corrected chi connectivity index (χ2v) is 9.83. The smallest absolute Gasteiger partial charge is 0.0522 e. The molecule has 0 bridgehead atoms. The van der Waals surface area contributed by atoms with Gasteiger partial charge in [0.15, 0.2) is 0 Å². The summed E-state index contributed by atoms with van der Waals surface area (Å²) in [6, 6.07) is 45.0. The minimum Gasteiger partial charge on any atom is -0.310 e. The zero-order chi connectivity index (χ0) is 27.6. The minimum atomic E-state index is 0.972. The van der Waals surface area contributed by atoms with Crippen LogP contribution in [0.15, 0.2) is 140 Å². The zero-order valence-electron chi connectivity index (χ0n) is 23.2. The van der Waals surface area contributed by atoms with Crippen LogP contribution in [-0.2, 0) is 6.42 Å². The maximum Gasteiger partial charge on any atom is 0.0522 e. The molecule has 5 aromatic rings. The average Bonchev–Trinajstić information content (AvgIpc) is 3.01. The van der Waals surface area contributed by atoms with Crippen molar-refractivity contribution in [2.45, 2.75) is 20.3 Å². The Bertz CT molecular complexity index is 1590. The summed E-state index contributed by atoms with van der Waals surface area (Å²) in [4.78, 5) is 2.39. The third kappa shape index (κ3) is 6.76. The molecule has 0 saturated heterocycles. The molecule has 0 radical (unpaired) electrons. The van der Waals surface area contributed by atoms with Crippen LogP contribution < -0.4 is 4.90 Å². The Labute approximate surface area is 239 Å². The van der Waals surface area contributed by atoms with E-state index in [4.69, 9.17) is 0 Å². The highest BCUT2D eigenvalue weighted by molar-refractivity contribution is 5.82. The minimum absolute atomic E-state index is 0.972. The second kappa shape index (κ2) is 13.3. The number of allylic oxidation sites excluding steroid dienone is 2. The van der Waals surface area contributed by atoms with Crippen LogP contribution in [0.3, 0.4) is 0 Å². The summed E-state index contributed by atoms with van der Waals surface area (Å²) in [5, 5.41) is 0. The van der Waals surface area contributed by atoms with Crippen LogP contribution >= 0.6 is 0 Å². The maximum atomic E-state index is 2.39. The molecule has 0 atom stereocenters. The van der Waals surface area contributed by atoms with E-state index in [1.807, 2.05) is 12.1 Å². The van der Waals surface area contributed by atoms with Gasteiger partial charge in [0.2, 0.25) is 0 Å². The van der Waals surface area contributed by atoms with E-state index in [1.54, 1.807) is 0 Å². The standard InChI is InChI=1S/C39H35N/c1-3-36-20-12-13-31(2)39(36)40(38-29-25-35(26-30-38)22-21-33-16-8-5-9-17-33)37-27-23-34(24-28-37)19-11-10-18-32-14-6-4-7-15-32/h4-30H,3H2,1-2H3/b18-10+,19-11+,22-21+. The Hall–Kier alpha value is -4.88. The van der Waals surface area contributed by atoms with Crippen molar-refractivity contribution in [1.29, 1.82) is 0 Å². The van der Waals surface area contributed by atoms with Gasteiger partial charge in [0.05, 0.1) is 5.69 Å². The van der Waals surface area contributed by atoms with E-state index < -0.39 is 0 Å². The number of nitrogens with zero attached hydrogens (tertiary/aromatic N) is 1. The molecular formula is C39H35N. The highest BCUT2D eigenvalue weighted by Crippen LogP contribution is 2.39. The molecule has 0 aliphatic carbocycles. The van der Waals surface area contributed by atoms with Gasteiger partial charge in [0.25, 0.3) is 0 Å². The van der Waals surface area contributed by atoms with E-state index >= 15 is 0 Å². The largest absolute Gasteiger partial charge is 0.310 e. The molecule has 1 heteroatoms. The average molecular weight is 518 g/mol. The maximum absolute atomic E-state index is 2.39. The van der Waals surface area contributed by atoms with Crippen molar-refractivity contribution in [2.75, 3.05) is 4.90 Å². The monoisotopic (exact) mass is 517 g/mol. The van der Waals surface area contributed by atoms with E-state index in [0.717, 1.165) is 17.8 Å². The molecule has 0 aliphatic heterocycles. The molecule has 1 nitrogen and oxygen atoms in total. The highest BCUT2D eigenvalue weighted by atomic mass is 15.1. The fourth-order valence-electron chi connectivity index (χ4n) is 4.86. The third-order valence-corrected chi connectivity index (χ3v) is 6.98. The molecule has 0 spiro atoms. The molecule has 0 aromatic heterocycles. The Morgan fingerprint density at radius 1 is 0.475 bits per heavy atom. The lowest BCUT2D eigenvalue weighted by atomic mass is 10.0. The molecule has 0 aliphatic rings. The van der Waals surface area contributed by atoms with Crippen molar-refractivity contribution in [3.63, 3.8) is 0 Å². The summed E-state index contributed by atoms with van der Waals surface area (Å²) >= 11 is 0. The molecule has 0 heterocycles. The number of anilines is 3. The molecule has 5 rings (SSSR count). The van der Waals surface area contributed by atoms with Gasteiger partial charge in [-0.05, 0) is 71.0 Å². The number of aryl methyl sites for hydroxylation is 2. The molecule has 0 fully saturated rings. The van der Waals surface area contributed by atoms with Gasteiger partial charge in [-0.25, -0.2) is 0 Å². The lowest BCUT2D eigenvalue weighted by Crippen LogP contribution is -2.13. The molecule has 0 saturated carbocycles. The van der Waals surface area contributed by atoms with E-state index in [0.29, 0.717) is 0 Å². The van der Waals surface area contributed by atoms with Crippen LogP contribution in [0.5, 0.6) is 0 Å². The van der Waals surface area contributed by atoms with E-state index in [9.17, 15) is 0 Å². The van der Waals surface area contributed by atoms with Crippen molar-refractivity contribution >= 4 is 41.4 Å². The number of benzene rings is 5. The van der Waals surface area contributed by atoms with Crippen LogP contribution in [0.4, 0.5) is 17.1 Å². The van der Waals surface area contributed by atoms with Gasteiger partial charge in [-0.1, -0.05) is 147 Å².